The van der Waals surface area contributed by atoms with Crippen molar-refractivity contribution in [3.63, 3.8) is 0 Å². The Hall–Kier alpha value is -1.66. The monoisotopic (exact) mass is 225 g/mol. The van der Waals surface area contributed by atoms with Crippen molar-refractivity contribution in [2.75, 3.05) is 11.9 Å². The number of aliphatic hydroxyl groups is 1. The second-order valence-corrected chi connectivity index (χ2v) is 3.59. The van der Waals surface area contributed by atoms with Crippen LogP contribution in [-0.4, -0.2) is 28.7 Å². The van der Waals surface area contributed by atoms with E-state index < -0.39 is 11.0 Å². The van der Waals surface area contributed by atoms with Gasteiger partial charge < -0.3 is 16.2 Å². The standard InChI is InChI=1S/C10H15N3O3/c1-7(14)10(11)6-12-8-2-4-9(5-3-8)13(15)16/h2-5,7,10,12,14H,6,11H2,1H3. The van der Waals surface area contributed by atoms with E-state index in [1.54, 1.807) is 19.1 Å². The van der Waals surface area contributed by atoms with E-state index in [1.807, 2.05) is 0 Å². The van der Waals surface area contributed by atoms with Crippen LogP contribution in [0.5, 0.6) is 0 Å². The van der Waals surface area contributed by atoms with Gasteiger partial charge in [0.15, 0.2) is 0 Å². The summed E-state index contributed by atoms with van der Waals surface area (Å²) >= 11 is 0. The maximum atomic E-state index is 10.4. The number of hydrogen-bond donors (Lipinski definition) is 3. The van der Waals surface area contributed by atoms with Gasteiger partial charge in [-0.25, -0.2) is 0 Å². The third kappa shape index (κ3) is 3.48. The number of nitro groups is 1. The SMILES string of the molecule is CC(O)C(N)CNc1ccc([N+](=O)[O-])cc1. The molecule has 16 heavy (non-hydrogen) atoms. The molecule has 0 aromatic heterocycles. The van der Waals surface area contributed by atoms with Crippen molar-refractivity contribution >= 4 is 11.4 Å². The molecule has 0 amide bonds. The van der Waals surface area contributed by atoms with E-state index in [2.05, 4.69) is 5.32 Å². The van der Waals surface area contributed by atoms with Crippen molar-refractivity contribution in [1.82, 2.24) is 0 Å². The van der Waals surface area contributed by atoms with Gasteiger partial charge in [0, 0.05) is 30.4 Å². The Labute approximate surface area is 93.2 Å². The summed E-state index contributed by atoms with van der Waals surface area (Å²) in [5, 5.41) is 22.5. The largest absolute Gasteiger partial charge is 0.392 e. The highest BCUT2D eigenvalue weighted by molar-refractivity contribution is 5.48. The first-order valence-electron chi connectivity index (χ1n) is 4.92. The summed E-state index contributed by atoms with van der Waals surface area (Å²) in [6.07, 6.45) is -0.592. The summed E-state index contributed by atoms with van der Waals surface area (Å²) in [6, 6.07) is 5.67. The van der Waals surface area contributed by atoms with Crippen LogP contribution in [0.1, 0.15) is 6.92 Å². The molecule has 0 spiro atoms. The second-order valence-electron chi connectivity index (χ2n) is 3.59. The molecular formula is C10H15N3O3. The molecule has 1 rings (SSSR count). The molecule has 0 aliphatic rings. The van der Waals surface area contributed by atoms with Crippen LogP contribution in [-0.2, 0) is 0 Å². The fourth-order valence-corrected chi connectivity index (χ4v) is 1.11. The Bertz CT molecular complexity index is 351. The normalized spacial score (nSPS) is 14.2. The molecule has 0 fully saturated rings. The minimum Gasteiger partial charge on any atom is -0.392 e. The van der Waals surface area contributed by atoms with Gasteiger partial charge in [-0.05, 0) is 19.1 Å². The lowest BCUT2D eigenvalue weighted by Crippen LogP contribution is -2.38. The number of anilines is 1. The van der Waals surface area contributed by atoms with E-state index in [9.17, 15) is 10.1 Å². The van der Waals surface area contributed by atoms with Crippen LogP contribution in [0, 0.1) is 10.1 Å². The van der Waals surface area contributed by atoms with Crippen molar-refractivity contribution in [2.45, 2.75) is 19.1 Å². The smallest absolute Gasteiger partial charge is 0.269 e. The van der Waals surface area contributed by atoms with E-state index in [-0.39, 0.29) is 11.7 Å². The lowest BCUT2D eigenvalue weighted by Gasteiger charge is -2.15. The van der Waals surface area contributed by atoms with Gasteiger partial charge >= 0.3 is 0 Å². The number of nitrogens with one attached hydrogen (secondary N) is 1. The van der Waals surface area contributed by atoms with Gasteiger partial charge in [0.25, 0.3) is 5.69 Å². The molecule has 0 bridgehead atoms. The fourth-order valence-electron chi connectivity index (χ4n) is 1.11. The van der Waals surface area contributed by atoms with Crippen LogP contribution in [0.2, 0.25) is 0 Å². The Kier molecular flexibility index (Phi) is 4.21. The highest BCUT2D eigenvalue weighted by Crippen LogP contribution is 2.15. The molecule has 0 aliphatic heterocycles. The summed E-state index contributed by atoms with van der Waals surface area (Å²) < 4.78 is 0. The summed E-state index contributed by atoms with van der Waals surface area (Å²) in [7, 11) is 0. The van der Waals surface area contributed by atoms with Gasteiger partial charge in [0.2, 0.25) is 0 Å². The van der Waals surface area contributed by atoms with Gasteiger partial charge in [-0.2, -0.15) is 0 Å². The molecule has 4 N–H and O–H groups in total. The van der Waals surface area contributed by atoms with Gasteiger partial charge in [0.05, 0.1) is 11.0 Å². The third-order valence-corrected chi connectivity index (χ3v) is 2.24. The first-order valence-corrected chi connectivity index (χ1v) is 4.92. The summed E-state index contributed by atoms with van der Waals surface area (Å²) in [6.45, 7) is 2.03. The maximum Gasteiger partial charge on any atom is 0.269 e. The number of nitro benzene ring substituents is 1. The van der Waals surface area contributed by atoms with Crippen molar-refractivity contribution in [3.05, 3.63) is 34.4 Å². The predicted octanol–water partition coefficient (Wildman–Crippen LogP) is 0.715. The van der Waals surface area contributed by atoms with Crippen LogP contribution in [0.15, 0.2) is 24.3 Å². The first kappa shape index (κ1) is 12.4. The molecular weight excluding hydrogens is 210 g/mol. The minimum atomic E-state index is -0.592. The van der Waals surface area contributed by atoms with Crippen molar-refractivity contribution in [3.8, 4) is 0 Å². The van der Waals surface area contributed by atoms with Crippen LogP contribution >= 0.6 is 0 Å². The van der Waals surface area contributed by atoms with Crippen LogP contribution in [0.4, 0.5) is 11.4 Å². The average molecular weight is 225 g/mol. The number of non-ortho nitro benzene ring substituents is 1. The quantitative estimate of drug-likeness (QED) is 0.506. The first-order chi connectivity index (χ1) is 7.50. The maximum absolute atomic E-state index is 10.4. The van der Waals surface area contributed by atoms with Crippen molar-refractivity contribution in [2.24, 2.45) is 5.73 Å². The molecule has 6 nitrogen and oxygen atoms in total. The molecule has 88 valence electrons. The molecule has 0 saturated carbocycles. The summed E-state index contributed by atoms with van der Waals surface area (Å²) in [5.41, 5.74) is 6.41. The number of nitrogens with zero attached hydrogens (tertiary/aromatic N) is 1. The van der Waals surface area contributed by atoms with Crippen molar-refractivity contribution < 1.29 is 10.0 Å². The lowest BCUT2D eigenvalue weighted by atomic mass is 10.2. The molecule has 0 heterocycles. The highest BCUT2D eigenvalue weighted by Gasteiger charge is 2.09. The van der Waals surface area contributed by atoms with Crippen LogP contribution in [0.3, 0.4) is 0 Å². The molecule has 6 heteroatoms. The third-order valence-electron chi connectivity index (χ3n) is 2.24. The molecule has 0 saturated heterocycles. The Balaban J connectivity index is 2.53. The van der Waals surface area contributed by atoms with Crippen LogP contribution in [0.25, 0.3) is 0 Å². The zero-order valence-electron chi connectivity index (χ0n) is 8.96. The molecule has 2 atom stereocenters. The van der Waals surface area contributed by atoms with Gasteiger partial charge in [0.1, 0.15) is 0 Å². The zero-order chi connectivity index (χ0) is 12.1. The van der Waals surface area contributed by atoms with Crippen molar-refractivity contribution in [1.29, 1.82) is 0 Å². The minimum absolute atomic E-state index is 0.0466. The lowest BCUT2D eigenvalue weighted by molar-refractivity contribution is -0.384. The Morgan fingerprint density at radius 2 is 2.06 bits per heavy atom. The number of hydrogen-bond acceptors (Lipinski definition) is 5. The summed E-state index contributed by atoms with van der Waals surface area (Å²) in [5.74, 6) is 0. The van der Waals surface area contributed by atoms with E-state index in [0.717, 1.165) is 5.69 Å². The zero-order valence-corrected chi connectivity index (χ0v) is 8.96. The van der Waals surface area contributed by atoms with Gasteiger partial charge in [-0.3, -0.25) is 10.1 Å². The molecule has 0 aliphatic carbocycles. The predicted molar refractivity (Wildman–Crippen MR) is 61.2 cm³/mol. The second kappa shape index (κ2) is 5.43. The molecule has 2 unspecified atom stereocenters. The number of nitrogens with two attached hydrogens (primary N) is 1. The van der Waals surface area contributed by atoms with Gasteiger partial charge in [-0.15, -0.1) is 0 Å². The highest BCUT2D eigenvalue weighted by atomic mass is 16.6. The average Bonchev–Trinajstić information content (AvgIpc) is 2.26. The van der Waals surface area contributed by atoms with E-state index in [1.165, 1.54) is 12.1 Å². The number of benzene rings is 1. The summed E-state index contributed by atoms with van der Waals surface area (Å²) in [4.78, 5) is 9.95. The Morgan fingerprint density at radius 1 is 1.50 bits per heavy atom. The number of rotatable bonds is 5. The number of aliphatic hydroxyl groups excluding tert-OH is 1. The molecule has 1 aromatic rings. The fraction of sp³-hybridized carbons (Fsp3) is 0.400. The van der Waals surface area contributed by atoms with Gasteiger partial charge in [-0.1, -0.05) is 0 Å². The molecule has 0 radical (unpaired) electrons. The van der Waals surface area contributed by atoms with E-state index in [4.69, 9.17) is 10.8 Å². The van der Waals surface area contributed by atoms with E-state index in [0.29, 0.717) is 6.54 Å². The Morgan fingerprint density at radius 3 is 2.50 bits per heavy atom. The van der Waals surface area contributed by atoms with Crippen LogP contribution < -0.4 is 11.1 Å². The van der Waals surface area contributed by atoms with E-state index >= 15 is 0 Å². The topological polar surface area (TPSA) is 101 Å². The molecule has 1 aromatic carbocycles.